The van der Waals surface area contributed by atoms with Crippen molar-refractivity contribution in [1.29, 1.82) is 5.26 Å². The lowest BCUT2D eigenvalue weighted by molar-refractivity contribution is -0.129. The number of nitriles is 1. The fourth-order valence-electron chi connectivity index (χ4n) is 2.75. The van der Waals surface area contributed by atoms with E-state index in [1.807, 2.05) is 6.20 Å². The number of carbonyl (C=O) groups excluding carboxylic acids is 1. The second-order valence-electron chi connectivity index (χ2n) is 5.08. The van der Waals surface area contributed by atoms with Crippen LogP contribution >= 0.6 is 0 Å². The van der Waals surface area contributed by atoms with Crippen molar-refractivity contribution in [3.05, 3.63) is 18.2 Å². The predicted octanol–water partition coefficient (Wildman–Crippen LogP) is 1.38. The third kappa shape index (κ3) is 2.53. The summed E-state index contributed by atoms with van der Waals surface area (Å²) >= 11 is 0. The minimum absolute atomic E-state index is 0.211. The van der Waals surface area contributed by atoms with Gasteiger partial charge in [0.15, 0.2) is 0 Å². The van der Waals surface area contributed by atoms with Gasteiger partial charge in [0.2, 0.25) is 5.91 Å². The predicted molar refractivity (Wildman–Crippen MR) is 66.3 cm³/mol. The van der Waals surface area contributed by atoms with E-state index in [0.29, 0.717) is 6.42 Å². The van der Waals surface area contributed by atoms with Crippen molar-refractivity contribution < 1.29 is 4.79 Å². The summed E-state index contributed by atoms with van der Waals surface area (Å²) in [6.07, 6.45) is 9.07. The molecule has 1 fully saturated rings. The summed E-state index contributed by atoms with van der Waals surface area (Å²) in [5, 5.41) is 8.62. The van der Waals surface area contributed by atoms with Gasteiger partial charge in [-0.25, -0.2) is 4.98 Å². The van der Waals surface area contributed by atoms with Gasteiger partial charge in [-0.05, 0) is 12.8 Å². The SMILES string of the molecule is N#CCn1cnc(CC2(C(N)=O)CCCCC2)c1. The Balaban J connectivity index is 2.13. The molecule has 96 valence electrons. The molecule has 18 heavy (non-hydrogen) atoms. The number of nitrogens with two attached hydrogens (primary N) is 1. The molecule has 0 unspecified atom stereocenters. The molecule has 0 spiro atoms. The van der Waals surface area contributed by atoms with Gasteiger partial charge in [0, 0.05) is 12.6 Å². The molecule has 0 aliphatic heterocycles. The number of imidazole rings is 1. The van der Waals surface area contributed by atoms with Crippen LogP contribution < -0.4 is 5.73 Å². The third-order valence-corrected chi connectivity index (χ3v) is 3.79. The van der Waals surface area contributed by atoms with Crippen LogP contribution in [0.3, 0.4) is 0 Å². The summed E-state index contributed by atoms with van der Waals surface area (Å²) in [7, 11) is 0. The average molecular weight is 246 g/mol. The van der Waals surface area contributed by atoms with Gasteiger partial charge in [0.25, 0.3) is 0 Å². The van der Waals surface area contributed by atoms with Crippen molar-refractivity contribution in [2.45, 2.75) is 45.1 Å². The second-order valence-corrected chi connectivity index (χ2v) is 5.08. The fourth-order valence-corrected chi connectivity index (χ4v) is 2.75. The topological polar surface area (TPSA) is 84.7 Å². The highest BCUT2D eigenvalue weighted by Gasteiger charge is 2.38. The molecule has 0 radical (unpaired) electrons. The molecule has 2 rings (SSSR count). The van der Waals surface area contributed by atoms with E-state index in [2.05, 4.69) is 11.1 Å². The van der Waals surface area contributed by atoms with E-state index >= 15 is 0 Å². The molecule has 1 aromatic rings. The molecule has 2 N–H and O–H groups in total. The van der Waals surface area contributed by atoms with Gasteiger partial charge in [-0.3, -0.25) is 4.79 Å². The molecule has 0 atom stereocenters. The molecular weight excluding hydrogens is 228 g/mol. The van der Waals surface area contributed by atoms with Crippen LogP contribution in [0.1, 0.15) is 37.8 Å². The number of carbonyl (C=O) groups is 1. The summed E-state index contributed by atoms with van der Waals surface area (Å²) in [5.74, 6) is -0.211. The normalized spacial score (nSPS) is 18.2. The van der Waals surface area contributed by atoms with E-state index in [4.69, 9.17) is 11.0 Å². The lowest BCUT2D eigenvalue weighted by Gasteiger charge is -2.33. The number of hydrogen-bond acceptors (Lipinski definition) is 3. The molecule has 1 aliphatic carbocycles. The highest BCUT2D eigenvalue weighted by molar-refractivity contribution is 5.81. The zero-order valence-electron chi connectivity index (χ0n) is 10.4. The van der Waals surface area contributed by atoms with Crippen LogP contribution in [-0.2, 0) is 17.8 Å². The molecule has 5 heteroatoms. The Morgan fingerprint density at radius 3 is 2.83 bits per heavy atom. The number of amides is 1. The van der Waals surface area contributed by atoms with Crippen LogP contribution in [0.25, 0.3) is 0 Å². The van der Waals surface area contributed by atoms with Crippen molar-refractivity contribution in [3.63, 3.8) is 0 Å². The van der Waals surface area contributed by atoms with Crippen molar-refractivity contribution in [3.8, 4) is 6.07 Å². The molecule has 0 bridgehead atoms. The van der Waals surface area contributed by atoms with Crippen molar-refractivity contribution in [2.75, 3.05) is 0 Å². The smallest absolute Gasteiger partial charge is 0.224 e. The summed E-state index contributed by atoms with van der Waals surface area (Å²) in [6, 6.07) is 2.06. The zero-order chi connectivity index (χ0) is 13.0. The Labute approximate surface area is 107 Å². The van der Waals surface area contributed by atoms with E-state index in [9.17, 15) is 4.79 Å². The molecule has 0 aromatic carbocycles. The summed E-state index contributed by atoms with van der Waals surface area (Å²) in [4.78, 5) is 16.0. The molecule has 0 saturated heterocycles. The highest BCUT2D eigenvalue weighted by atomic mass is 16.1. The van der Waals surface area contributed by atoms with Crippen LogP contribution in [0.5, 0.6) is 0 Å². The van der Waals surface area contributed by atoms with Gasteiger partial charge in [-0.15, -0.1) is 0 Å². The van der Waals surface area contributed by atoms with Crippen molar-refractivity contribution in [1.82, 2.24) is 9.55 Å². The van der Waals surface area contributed by atoms with E-state index in [-0.39, 0.29) is 12.5 Å². The minimum Gasteiger partial charge on any atom is -0.369 e. The summed E-state index contributed by atoms with van der Waals surface area (Å²) < 4.78 is 1.73. The minimum atomic E-state index is -0.427. The quantitative estimate of drug-likeness (QED) is 0.871. The first-order valence-corrected chi connectivity index (χ1v) is 6.34. The van der Waals surface area contributed by atoms with Gasteiger partial charge >= 0.3 is 0 Å². The molecule has 1 aliphatic rings. The first-order valence-electron chi connectivity index (χ1n) is 6.34. The Bertz CT molecular complexity index is 466. The Morgan fingerprint density at radius 1 is 1.50 bits per heavy atom. The Hall–Kier alpha value is -1.83. The zero-order valence-corrected chi connectivity index (χ0v) is 10.4. The molecule has 1 saturated carbocycles. The molecule has 1 amide bonds. The molecule has 5 nitrogen and oxygen atoms in total. The van der Waals surface area contributed by atoms with Gasteiger partial charge in [0.05, 0.1) is 23.5 Å². The monoisotopic (exact) mass is 246 g/mol. The van der Waals surface area contributed by atoms with Gasteiger partial charge in [0.1, 0.15) is 6.54 Å². The number of primary amides is 1. The van der Waals surface area contributed by atoms with Gasteiger partial charge in [-0.2, -0.15) is 5.26 Å². The lowest BCUT2D eigenvalue weighted by atomic mass is 9.70. The largest absolute Gasteiger partial charge is 0.369 e. The van der Waals surface area contributed by atoms with Gasteiger partial charge < -0.3 is 10.3 Å². The van der Waals surface area contributed by atoms with Crippen LogP contribution in [0, 0.1) is 16.7 Å². The van der Waals surface area contributed by atoms with Gasteiger partial charge in [-0.1, -0.05) is 19.3 Å². The summed E-state index contributed by atoms with van der Waals surface area (Å²) in [6.45, 7) is 0.288. The number of hydrogen-bond donors (Lipinski definition) is 1. The van der Waals surface area contributed by atoms with Crippen LogP contribution in [0.4, 0.5) is 0 Å². The highest BCUT2D eigenvalue weighted by Crippen LogP contribution is 2.38. The lowest BCUT2D eigenvalue weighted by Crippen LogP contribution is -2.40. The Morgan fingerprint density at radius 2 is 2.22 bits per heavy atom. The fraction of sp³-hybridized carbons (Fsp3) is 0.615. The van der Waals surface area contributed by atoms with E-state index in [1.165, 1.54) is 6.42 Å². The molecule has 1 heterocycles. The third-order valence-electron chi connectivity index (χ3n) is 3.79. The second kappa shape index (κ2) is 5.21. The van der Waals surface area contributed by atoms with Crippen LogP contribution in [0.15, 0.2) is 12.5 Å². The van der Waals surface area contributed by atoms with E-state index in [1.54, 1.807) is 10.9 Å². The van der Waals surface area contributed by atoms with Crippen LogP contribution in [0.2, 0.25) is 0 Å². The Kier molecular flexibility index (Phi) is 3.66. The molecular formula is C13H18N4O. The standard InChI is InChI=1S/C13H18N4O/c14-6-7-17-9-11(16-10-17)8-13(12(15)18)4-2-1-3-5-13/h9-10H,1-5,7-8H2,(H2,15,18). The number of aromatic nitrogens is 2. The maximum atomic E-state index is 11.7. The number of rotatable bonds is 4. The van der Waals surface area contributed by atoms with E-state index < -0.39 is 5.41 Å². The van der Waals surface area contributed by atoms with E-state index in [0.717, 1.165) is 31.4 Å². The summed E-state index contributed by atoms with van der Waals surface area (Å²) in [5.41, 5.74) is 6.02. The maximum absolute atomic E-state index is 11.7. The average Bonchev–Trinajstić information content (AvgIpc) is 2.78. The van der Waals surface area contributed by atoms with Crippen molar-refractivity contribution in [2.24, 2.45) is 11.1 Å². The van der Waals surface area contributed by atoms with Crippen molar-refractivity contribution >= 4 is 5.91 Å². The van der Waals surface area contributed by atoms with Crippen LogP contribution in [-0.4, -0.2) is 15.5 Å². The number of nitrogens with zero attached hydrogens (tertiary/aromatic N) is 3. The first-order chi connectivity index (χ1) is 8.66. The molecule has 1 aromatic heterocycles. The maximum Gasteiger partial charge on any atom is 0.224 e. The first kappa shape index (κ1) is 12.6.